The SMILES string of the molecule is CNc1nc(-c2ccc3c(c2)CCN3S(C)(=O)=O)cs1. The Labute approximate surface area is 122 Å². The van der Waals surface area contributed by atoms with Crippen LogP contribution in [0.4, 0.5) is 10.8 Å². The Kier molecular flexibility index (Phi) is 3.18. The standard InChI is InChI=1S/C13H15N3O2S2/c1-14-13-15-11(8-19-13)9-3-4-12-10(7-9)5-6-16(12)20(2,17)18/h3-4,7-8H,5-6H2,1-2H3,(H,14,15). The molecule has 0 aliphatic carbocycles. The molecule has 0 saturated carbocycles. The van der Waals surface area contributed by atoms with Gasteiger partial charge in [0.25, 0.3) is 0 Å². The molecule has 20 heavy (non-hydrogen) atoms. The molecule has 2 aromatic rings. The van der Waals surface area contributed by atoms with Crippen molar-refractivity contribution in [3.05, 3.63) is 29.1 Å². The molecule has 0 atom stereocenters. The van der Waals surface area contributed by atoms with Gasteiger partial charge in [-0.15, -0.1) is 11.3 Å². The van der Waals surface area contributed by atoms with Crippen LogP contribution in [0.1, 0.15) is 5.56 Å². The van der Waals surface area contributed by atoms with Gasteiger partial charge in [0.05, 0.1) is 17.6 Å². The van der Waals surface area contributed by atoms with Gasteiger partial charge >= 0.3 is 0 Å². The van der Waals surface area contributed by atoms with Crippen molar-refractivity contribution in [1.82, 2.24) is 4.98 Å². The summed E-state index contributed by atoms with van der Waals surface area (Å²) < 4.78 is 24.9. The number of sulfonamides is 1. The third kappa shape index (κ3) is 2.27. The Morgan fingerprint density at radius 2 is 2.20 bits per heavy atom. The van der Waals surface area contributed by atoms with Gasteiger partial charge in [-0.05, 0) is 24.1 Å². The number of thiazole rings is 1. The van der Waals surface area contributed by atoms with E-state index in [1.807, 2.05) is 30.6 Å². The maximum Gasteiger partial charge on any atom is 0.232 e. The second-order valence-electron chi connectivity index (χ2n) is 4.72. The summed E-state index contributed by atoms with van der Waals surface area (Å²) in [6.45, 7) is 0.524. The van der Waals surface area contributed by atoms with Crippen molar-refractivity contribution in [2.24, 2.45) is 0 Å². The number of hydrogen-bond donors (Lipinski definition) is 1. The van der Waals surface area contributed by atoms with Crippen LogP contribution in [0.3, 0.4) is 0 Å². The molecule has 1 aliphatic rings. The van der Waals surface area contributed by atoms with Crippen molar-refractivity contribution in [2.75, 3.05) is 29.5 Å². The fourth-order valence-corrected chi connectivity index (χ4v) is 4.04. The van der Waals surface area contributed by atoms with Crippen LogP contribution in [0.2, 0.25) is 0 Å². The zero-order chi connectivity index (χ0) is 14.3. The van der Waals surface area contributed by atoms with Gasteiger partial charge in [0.1, 0.15) is 0 Å². The highest BCUT2D eigenvalue weighted by Gasteiger charge is 2.26. The normalized spacial score (nSPS) is 14.4. The zero-order valence-corrected chi connectivity index (χ0v) is 12.9. The molecule has 0 amide bonds. The third-order valence-electron chi connectivity index (χ3n) is 3.35. The fourth-order valence-electron chi connectivity index (χ4n) is 2.40. The van der Waals surface area contributed by atoms with Gasteiger partial charge in [-0.25, -0.2) is 13.4 Å². The molecule has 0 saturated heterocycles. The quantitative estimate of drug-likeness (QED) is 0.944. The van der Waals surface area contributed by atoms with E-state index in [0.29, 0.717) is 6.54 Å². The molecule has 1 aromatic heterocycles. The number of anilines is 2. The molecule has 0 spiro atoms. The Morgan fingerprint density at radius 3 is 2.85 bits per heavy atom. The summed E-state index contributed by atoms with van der Waals surface area (Å²) in [5.74, 6) is 0. The summed E-state index contributed by atoms with van der Waals surface area (Å²) >= 11 is 1.55. The third-order valence-corrected chi connectivity index (χ3v) is 5.39. The number of rotatable bonds is 3. The molecule has 1 N–H and O–H groups in total. The predicted molar refractivity (Wildman–Crippen MR) is 83.0 cm³/mol. The van der Waals surface area contributed by atoms with E-state index in [1.165, 1.54) is 10.6 Å². The van der Waals surface area contributed by atoms with Gasteiger partial charge in [0.15, 0.2) is 5.13 Å². The largest absolute Gasteiger partial charge is 0.365 e. The van der Waals surface area contributed by atoms with Crippen molar-refractivity contribution < 1.29 is 8.42 Å². The first-order valence-corrected chi connectivity index (χ1v) is 8.96. The average molecular weight is 309 g/mol. The van der Waals surface area contributed by atoms with Crippen LogP contribution >= 0.6 is 11.3 Å². The minimum Gasteiger partial charge on any atom is -0.365 e. The Bertz CT molecular complexity index is 753. The number of nitrogens with zero attached hydrogens (tertiary/aromatic N) is 2. The predicted octanol–water partition coefficient (Wildman–Crippen LogP) is 2.17. The molecular formula is C13H15N3O2S2. The number of hydrogen-bond acceptors (Lipinski definition) is 5. The van der Waals surface area contributed by atoms with E-state index in [9.17, 15) is 8.42 Å². The van der Waals surface area contributed by atoms with Crippen LogP contribution < -0.4 is 9.62 Å². The molecule has 1 aromatic carbocycles. The van der Waals surface area contributed by atoms with E-state index in [4.69, 9.17) is 0 Å². The van der Waals surface area contributed by atoms with Crippen molar-refractivity contribution >= 4 is 32.2 Å². The summed E-state index contributed by atoms with van der Waals surface area (Å²) in [7, 11) is -1.34. The molecule has 0 fully saturated rings. The molecule has 0 bridgehead atoms. The molecule has 5 nitrogen and oxygen atoms in total. The smallest absolute Gasteiger partial charge is 0.232 e. The highest BCUT2D eigenvalue weighted by atomic mass is 32.2. The summed E-state index contributed by atoms with van der Waals surface area (Å²) in [5.41, 5.74) is 3.80. The minimum absolute atomic E-state index is 0.524. The molecular weight excluding hydrogens is 294 g/mol. The van der Waals surface area contributed by atoms with Gasteiger partial charge in [0.2, 0.25) is 10.0 Å². The topological polar surface area (TPSA) is 62.3 Å². The van der Waals surface area contributed by atoms with Crippen LogP contribution in [-0.2, 0) is 16.4 Å². The second-order valence-corrected chi connectivity index (χ2v) is 7.48. The van der Waals surface area contributed by atoms with Crippen LogP contribution in [0, 0.1) is 0 Å². The summed E-state index contributed by atoms with van der Waals surface area (Å²) in [5, 5.41) is 5.89. The Morgan fingerprint density at radius 1 is 1.40 bits per heavy atom. The molecule has 1 aliphatic heterocycles. The van der Waals surface area contributed by atoms with E-state index >= 15 is 0 Å². The summed E-state index contributed by atoms with van der Waals surface area (Å²) in [4.78, 5) is 4.47. The Hall–Kier alpha value is -1.60. The monoisotopic (exact) mass is 309 g/mol. The van der Waals surface area contributed by atoms with Gasteiger partial charge in [-0.2, -0.15) is 0 Å². The molecule has 0 radical (unpaired) electrons. The second kappa shape index (κ2) is 4.75. The van der Waals surface area contributed by atoms with Crippen molar-refractivity contribution in [3.63, 3.8) is 0 Å². The first kappa shape index (κ1) is 13.4. The van der Waals surface area contributed by atoms with Crippen LogP contribution in [-0.4, -0.2) is 33.2 Å². The molecule has 0 unspecified atom stereocenters. The van der Waals surface area contributed by atoms with Crippen LogP contribution in [0.25, 0.3) is 11.3 Å². The van der Waals surface area contributed by atoms with Gasteiger partial charge in [-0.1, -0.05) is 6.07 Å². The van der Waals surface area contributed by atoms with Crippen LogP contribution in [0.15, 0.2) is 23.6 Å². The first-order valence-electron chi connectivity index (χ1n) is 6.23. The number of benzene rings is 1. The molecule has 2 heterocycles. The van der Waals surface area contributed by atoms with E-state index in [2.05, 4.69) is 10.3 Å². The lowest BCUT2D eigenvalue weighted by molar-refractivity contribution is 0.598. The minimum atomic E-state index is -3.18. The van der Waals surface area contributed by atoms with E-state index in [0.717, 1.165) is 34.1 Å². The van der Waals surface area contributed by atoms with E-state index < -0.39 is 10.0 Å². The molecule has 106 valence electrons. The van der Waals surface area contributed by atoms with Gasteiger partial charge < -0.3 is 5.32 Å². The number of nitrogens with one attached hydrogen (secondary N) is 1. The Balaban J connectivity index is 1.99. The maximum absolute atomic E-state index is 11.7. The molecule has 3 rings (SSSR count). The zero-order valence-electron chi connectivity index (χ0n) is 11.3. The fraction of sp³-hybridized carbons (Fsp3) is 0.308. The summed E-state index contributed by atoms with van der Waals surface area (Å²) in [6.07, 6.45) is 1.99. The van der Waals surface area contributed by atoms with Crippen molar-refractivity contribution in [2.45, 2.75) is 6.42 Å². The summed E-state index contributed by atoms with van der Waals surface area (Å²) in [6, 6.07) is 5.84. The number of fused-ring (bicyclic) bond motifs is 1. The van der Waals surface area contributed by atoms with E-state index in [-0.39, 0.29) is 0 Å². The van der Waals surface area contributed by atoms with E-state index in [1.54, 1.807) is 11.3 Å². The first-order chi connectivity index (χ1) is 9.49. The maximum atomic E-state index is 11.7. The molecule has 7 heteroatoms. The highest BCUT2D eigenvalue weighted by molar-refractivity contribution is 7.92. The lowest BCUT2D eigenvalue weighted by Crippen LogP contribution is -2.27. The highest BCUT2D eigenvalue weighted by Crippen LogP contribution is 2.34. The van der Waals surface area contributed by atoms with Gasteiger partial charge in [0, 0.05) is 24.5 Å². The lowest BCUT2D eigenvalue weighted by Gasteiger charge is -2.16. The average Bonchev–Trinajstić information content (AvgIpc) is 3.03. The lowest BCUT2D eigenvalue weighted by atomic mass is 10.1. The van der Waals surface area contributed by atoms with Gasteiger partial charge in [-0.3, -0.25) is 4.31 Å². The van der Waals surface area contributed by atoms with Crippen LogP contribution in [0.5, 0.6) is 0 Å². The number of aromatic nitrogens is 1. The van der Waals surface area contributed by atoms with Crippen molar-refractivity contribution in [1.29, 1.82) is 0 Å². The van der Waals surface area contributed by atoms with Crippen molar-refractivity contribution in [3.8, 4) is 11.3 Å².